The molecule has 0 saturated heterocycles. The number of alkyl halides is 1. The van der Waals surface area contributed by atoms with Crippen LogP contribution in [-0.4, -0.2) is 10.7 Å². The van der Waals surface area contributed by atoms with E-state index in [-0.39, 0.29) is 16.7 Å². The highest BCUT2D eigenvalue weighted by molar-refractivity contribution is 9.10. The van der Waals surface area contributed by atoms with Crippen LogP contribution < -0.4 is 5.32 Å². The molecule has 2 aromatic rings. The summed E-state index contributed by atoms with van der Waals surface area (Å²) in [5.41, 5.74) is 3.22. The summed E-state index contributed by atoms with van der Waals surface area (Å²) in [6.45, 7) is 0. The van der Waals surface area contributed by atoms with Gasteiger partial charge in [0.05, 0.1) is 0 Å². The molecule has 2 nitrogen and oxygen atoms in total. The second-order valence-electron chi connectivity index (χ2n) is 4.37. The summed E-state index contributed by atoms with van der Waals surface area (Å²) in [6, 6.07) is 18.1. The number of anilines is 1. The number of amides is 1. The third-order valence-corrected chi connectivity index (χ3v) is 4.20. The Hall–Kier alpha value is -1.61. The van der Waals surface area contributed by atoms with E-state index in [2.05, 4.69) is 39.4 Å². The van der Waals surface area contributed by atoms with Crippen LogP contribution in [0.3, 0.4) is 0 Å². The van der Waals surface area contributed by atoms with Gasteiger partial charge >= 0.3 is 0 Å². The Morgan fingerprint density at radius 2 is 1.61 bits per heavy atom. The molecule has 0 aliphatic carbocycles. The number of halogens is 1. The monoisotopic (exact) mass is 301 g/mol. The summed E-state index contributed by atoms with van der Waals surface area (Å²) in [7, 11) is 0. The summed E-state index contributed by atoms with van der Waals surface area (Å²) >= 11 is 3.51. The predicted molar refractivity (Wildman–Crippen MR) is 76.1 cm³/mol. The zero-order chi connectivity index (χ0) is 12.5. The Kier molecular flexibility index (Phi) is 2.92. The van der Waals surface area contributed by atoms with Crippen molar-refractivity contribution in [3.63, 3.8) is 0 Å². The summed E-state index contributed by atoms with van der Waals surface area (Å²) in [6.07, 6.45) is 0. The SMILES string of the molecule is O=C1Nc2ccccc2[C@@H](c2ccccc2)[C@@H]1Br. The van der Waals surface area contributed by atoms with Gasteiger partial charge in [-0.05, 0) is 17.2 Å². The topological polar surface area (TPSA) is 29.1 Å². The zero-order valence-corrected chi connectivity index (χ0v) is 11.2. The number of benzene rings is 2. The van der Waals surface area contributed by atoms with Crippen LogP contribution in [0.2, 0.25) is 0 Å². The van der Waals surface area contributed by atoms with Gasteiger partial charge in [0.1, 0.15) is 4.83 Å². The number of hydrogen-bond acceptors (Lipinski definition) is 1. The number of carbonyl (C=O) groups is 1. The first-order valence-electron chi connectivity index (χ1n) is 5.86. The molecule has 90 valence electrons. The Morgan fingerprint density at radius 3 is 2.39 bits per heavy atom. The second kappa shape index (κ2) is 4.58. The van der Waals surface area contributed by atoms with Crippen LogP contribution in [0.1, 0.15) is 17.0 Å². The highest BCUT2D eigenvalue weighted by Gasteiger charge is 2.34. The number of fused-ring (bicyclic) bond motifs is 1. The van der Waals surface area contributed by atoms with Crippen molar-refractivity contribution in [2.24, 2.45) is 0 Å². The predicted octanol–water partition coefficient (Wildman–Crippen LogP) is 3.53. The fourth-order valence-electron chi connectivity index (χ4n) is 2.40. The molecule has 3 rings (SSSR count). The quantitative estimate of drug-likeness (QED) is 0.802. The minimum absolute atomic E-state index is 0.0163. The van der Waals surface area contributed by atoms with Gasteiger partial charge < -0.3 is 5.32 Å². The van der Waals surface area contributed by atoms with Gasteiger partial charge in [0, 0.05) is 11.6 Å². The molecule has 1 amide bonds. The van der Waals surface area contributed by atoms with Crippen LogP contribution in [0.4, 0.5) is 5.69 Å². The number of rotatable bonds is 1. The molecule has 3 heteroatoms. The van der Waals surface area contributed by atoms with Crippen molar-refractivity contribution < 1.29 is 4.79 Å². The maximum absolute atomic E-state index is 12.0. The van der Waals surface area contributed by atoms with E-state index in [0.29, 0.717) is 0 Å². The first kappa shape index (κ1) is 11.5. The Bertz CT molecular complexity index is 582. The van der Waals surface area contributed by atoms with Crippen LogP contribution in [0.15, 0.2) is 54.6 Å². The fourth-order valence-corrected chi connectivity index (χ4v) is 3.11. The minimum atomic E-state index is -0.227. The van der Waals surface area contributed by atoms with Gasteiger partial charge in [-0.3, -0.25) is 4.79 Å². The Labute approximate surface area is 114 Å². The first-order chi connectivity index (χ1) is 8.77. The summed E-state index contributed by atoms with van der Waals surface area (Å²) in [5.74, 6) is 0.0821. The molecule has 0 saturated carbocycles. The molecule has 18 heavy (non-hydrogen) atoms. The largest absolute Gasteiger partial charge is 0.325 e. The molecule has 1 aliphatic rings. The molecule has 2 atom stereocenters. The van der Waals surface area contributed by atoms with Gasteiger partial charge in [-0.25, -0.2) is 0 Å². The molecule has 0 radical (unpaired) electrons. The number of para-hydroxylation sites is 1. The second-order valence-corrected chi connectivity index (χ2v) is 5.35. The van der Waals surface area contributed by atoms with E-state index in [9.17, 15) is 4.79 Å². The van der Waals surface area contributed by atoms with E-state index in [1.165, 1.54) is 0 Å². The van der Waals surface area contributed by atoms with Crippen LogP contribution >= 0.6 is 15.9 Å². The molecular weight excluding hydrogens is 290 g/mol. The standard InChI is InChI=1S/C15H12BrNO/c16-14-13(10-6-2-1-3-7-10)11-8-4-5-9-12(11)17-15(14)18/h1-9,13-14H,(H,17,18)/t13-,14+/m1/s1. The van der Waals surface area contributed by atoms with E-state index in [0.717, 1.165) is 16.8 Å². The maximum atomic E-state index is 12.0. The van der Waals surface area contributed by atoms with E-state index < -0.39 is 0 Å². The van der Waals surface area contributed by atoms with Crippen LogP contribution in [0.5, 0.6) is 0 Å². The lowest BCUT2D eigenvalue weighted by Crippen LogP contribution is -2.34. The van der Waals surface area contributed by atoms with Crippen molar-refractivity contribution >= 4 is 27.5 Å². The normalized spacial score (nSPS) is 22.2. The smallest absolute Gasteiger partial charge is 0.239 e. The third-order valence-electron chi connectivity index (χ3n) is 3.26. The van der Waals surface area contributed by atoms with Gasteiger partial charge in [0.15, 0.2) is 0 Å². The first-order valence-corrected chi connectivity index (χ1v) is 6.78. The Morgan fingerprint density at radius 1 is 0.944 bits per heavy atom. The summed E-state index contributed by atoms with van der Waals surface area (Å²) < 4.78 is 0. The lowest BCUT2D eigenvalue weighted by atomic mass is 9.85. The van der Waals surface area contributed by atoms with Crippen molar-refractivity contribution in [2.45, 2.75) is 10.7 Å². The molecule has 1 aliphatic heterocycles. The molecule has 0 spiro atoms. The Balaban J connectivity index is 2.15. The third kappa shape index (κ3) is 1.85. The molecular formula is C15H12BrNO. The number of nitrogens with one attached hydrogen (secondary N) is 1. The van der Waals surface area contributed by atoms with Crippen molar-refractivity contribution in [3.05, 3.63) is 65.7 Å². The van der Waals surface area contributed by atoms with Crippen LogP contribution in [-0.2, 0) is 4.79 Å². The summed E-state index contributed by atoms with van der Waals surface area (Å²) in [5, 5.41) is 2.92. The number of hydrogen-bond donors (Lipinski definition) is 1. The van der Waals surface area contributed by atoms with E-state index in [1.807, 2.05) is 36.4 Å². The average Bonchev–Trinajstić information content (AvgIpc) is 2.41. The highest BCUT2D eigenvalue weighted by atomic mass is 79.9. The van der Waals surface area contributed by atoms with Crippen molar-refractivity contribution in [2.75, 3.05) is 5.32 Å². The number of carbonyl (C=O) groups excluding carboxylic acids is 1. The lowest BCUT2D eigenvalue weighted by molar-refractivity contribution is -0.116. The minimum Gasteiger partial charge on any atom is -0.325 e. The van der Waals surface area contributed by atoms with E-state index >= 15 is 0 Å². The van der Waals surface area contributed by atoms with Crippen molar-refractivity contribution in [1.82, 2.24) is 0 Å². The highest BCUT2D eigenvalue weighted by Crippen LogP contribution is 2.39. The zero-order valence-electron chi connectivity index (χ0n) is 9.64. The molecule has 0 bridgehead atoms. The van der Waals surface area contributed by atoms with Crippen LogP contribution in [0, 0.1) is 0 Å². The average molecular weight is 302 g/mol. The maximum Gasteiger partial charge on any atom is 0.239 e. The fraction of sp³-hybridized carbons (Fsp3) is 0.133. The van der Waals surface area contributed by atoms with E-state index in [1.54, 1.807) is 0 Å². The van der Waals surface area contributed by atoms with E-state index in [4.69, 9.17) is 0 Å². The van der Waals surface area contributed by atoms with Crippen LogP contribution in [0.25, 0.3) is 0 Å². The van der Waals surface area contributed by atoms with Crippen molar-refractivity contribution in [3.8, 4) is 0 Å². The molecule has 0 aromatic heterocycles. The molecule has 0 fully saturated rings. The van der Waals surface area contributed by atoms with Crippen molar-refractivity contribution in [1.29, 1.82) is 0 Å². The van der Waals surface area contributed by atoms with Gasteiger partial charge in [-0.15, -0.1) is 0 Å². The molecule has 1 N–H and O–H groups in total. The molecule has 0 unspecified atom stereocenters. The lowest BCUT2D eigenvalue weighted by Gasteiger charge is -2.30. The molecule has 2 aromatic carbocycles. The van der Waals surface area contributed by atoms with Gasteiger partial charge in [-0.1, -0.05) is 64.5 Å². The van der Waals surface area contributed by atoms with Gasteiger partial charge in [0.2, 0.25) is 5.91 Å². The summed E-state index contributed by atoms with van der Waals surface area (Å²) in [4.78, 5) is 11.8. The van der Waals surface area contributed by atoms with Gasteiger partial charge in [-0.2, -0.15) is 0 Å². The van der Waals surface area contributed by atoms with Gasteiger partial charge in [0.25, 0.3) is 0 Å². The molecule has 1 heterocycles.